The number of phenolic OH excluding ortho intramolecular Hbond substituents is 1. The van der Waals surface area contributed by atoms with Gasteiger partial charge in [0.2, 0.25) is 5.82 Å². The largest absolute Gasteiger partial charge is 0.506 e. The molecular weight excluding hydrogens is 568 g/mol. The SMILES string of the molecule is CCCCc1oc2c(F)c(F)ccc2c1C(=O)c1cc(I)c(O)c(I)c1. The van der Waals surface area contributed by atoms with E-state index in [9.17, 15) is 18.7 Å². The standard InChI is InChI=1S/C19H14F2I2O3/c1-2-3-4-14-15(10-5-6-11(20)16(21)19(10)26-14)17(24)9-7-12(22)18(25)13(23)8-9/h5-8,25H,2-4H2,1H3. The van der Waals surface area contributed by atoms with Gasteiger partial charge in [0.25, 0.3) is 0 Å². The summed E-state index contributed by atoms with van der Waals surface area (Å²) in [4.78, 5) is 13.2. The molecule has 0 aliphatic rings. The second-order valence-corrected chi connectivity index (χ2v) is 8.18. The number of unbranched alkanes of at least 4 members (excludes halogenated alkanes) is 1. The average molecular weight is 582 g/mol. The highest BCUT2D eigenvalue weighted by atomic mass is 127. The first-order valence-corrected chi connectivity index (χ1v) is 10.1. The molecule has 3 rings (SSSR count). The quantitative estimate of drug-likeness (QED) is 0.288. The Morgan fingerprint density at radius 1 is 1.19 bits per heavy atom. The Morgan fingerprint density at radius 2 is 1.85 bits per heavy atom. The van der Waals surface area contributed by atoms with Crippen LogP contribution in [0.5, 0.6) is 5.75 Å². The number of aryl methyl sites for hydroxylation is 1. The third-order valence-corrected chi connectivity index (χ3v) is 5.73. The van der Waals surface area contributed by atoms with E-state index in [4.69, 9.17) is 4.42 Å². The molecule has 7 heteroatoms. The predicted molar refractivity (Wildman–Crippen MR) is 112 cm³/mol. The number of hydrogen-bond acceptors (Lipinski definition) is 3. The molecule has 0 amide bonds. The number of fused-ring (bicyclic) bond motifs is 1. The van der Waals surface area contributed by atoms with Crippen molar-refractivity contribution < 1.29 is 23.1 Å². The van der Waals surface area contributed by atoms with Crippen molar-refractivity contribution in [2.45, 2.75) is 26.2 Å². The second-order valence-electron chi connectivity index (χ2n) is 5.86. The summed E-state index contributed by atoms with van der Waals surface area (Å²) >= 11 is 3.89. The number of carbonyl (C=O) groups is 1. The van der Waals surface area contributed by atoms with Crippen LogP contribution in [0.1, 0.15) is 41.4 Å². The molecule has 3 nitrogen and oxygen atoms in total. The number of hydrogen-bond donors (Lipinski definition) is 1. The number of phenols is 1. The van der Waals surface area contributed by atoms with Gasteiger partial charge >= 0.3 is 0 Å². The van der Waals surface area contributed by atoms with Crippen LogP contribution in [0.25, 0.3) is 11.0 Å². The van der Waals surface area contributed by atoms with Crippen molar-refractivity contribution in [3.63, 3.8) is 0 Å². The van der Waals surface area contributed by atoms with Gasteiger partial charge < -0.3 is 9.52 Å². The van der Waals surface area contributed by atoms with Crippen molar-refractivity contribution in [2.75, 3.05) is 0 Å². The van der Waals surface area contributed by atoms with E-state index < -0.39 is 11.6 Å². The van der Waals surface area contributed by atoms with E-state index in [1.54, 1.807) is 12.1 Å². The minimum absolute atomic E-state index is 0.110. The highest BCUT2D eigenvalue weighted by Crippen LogP contribution is 2.34. The molecule has 0 bridgehead atoms. The first kappa shape index (κ1) is 19.5. The number of carbonyl (C=O) groups excluding carboxylic acids is 1. The van der Waals surface area contributed by atoms with Gasteiger partial charge in [0, 0.05) is 17.4 Å². The summed E-state index contributed by atoms with van der Waals surface area (Å²) < 4.78 is 34.3. The fourth-order valence-electron chi connectivity index (χ4n) is 2.76. The van der Waals surface area contributed by atoms with Gasteiger partial charge in [-0.1, -0.05) is 13.3 Å². The Morgan fingerprint density at radius 3 is 2.46 bits per heavy atom. The summed E-state index contributed by atoms with van der Waals surface area (Å²) in [6.45, 7) is 2.00. The Bertz CT molecular complexity index is 989. The maximum absolute atomic E-state index is 14.1. The number of halogens is 4. The second kappa shape index (κ2) is 7.79. The van der Waals surface area contributed by atoms with Gasteiger partial charge in [0.15, 0.2) is 17.2 Å². The molecule has 0 spiro atoms. The zero-order valence-corrected chi connectivity index (χ0v) is 18.0. The maximum Gasteiger partial charge on any atom is 0.201 e. The van der Waals surface area contributed by atoms with Crippen LogP contribution >= 0.6 is 45.2 Å². The molecule has 26 heavy (non-hydrogen) atoms. The van der Waals surface area contributed by atoms with Gasteiger partial charge in [-0.05, 0) is 75.9 Å². The van der Waals surface area contributed by atoms with E-state index >= 15 is 0 Å². The fraction of sp³-hybridized carbons (Fsp3) is 0.211. The lowest BCUT2D eigenvalue weighted by molar-refractivity contribution is 0.103. The first-order valence-electron chi connectivity index (χ1n) is 7.97. The van der Waals surface area contributed by atoms with E-state index in [-0.39, 0.29) is 28.1 Å². The smallest absolute Gasteiger partial charge is 0.201 e. The molecule has 0 fully saturated rings. The van der Waals surface area contributed by atoms with Crippen molar-refractivity contribution >= 4 is 61.9 Å². The fourth-order valence-corrected chi connectivity index (χ4v) is 4.52. The highest BCUT2D eigenvalue weighted by molar-refractivity contribution is 14.1. The topological polar surface area (TPSA) is 50.4 Å². The third kappa shape index (κ3) is 3.47. The molecule has 136 valence electrons. The van der Waals surface area contributed by atoms with Crippen LogP contribution in [0.4, 0.5) is 8.78 Å². The van der Waals surface area contributed by atoms with Crippen molar-refractivity contribution in [3.8, 4) is 5.75 Å². The number of furan rings is 1. The van der Waals surface area contributed by atoms with Crippen molar-refractivity contribution in [3.05, 3.63) is 59.9 Å². The van der Waals surface area contributed by atoms with Gasteiger partial charge in [-0.25, -0.2) is 4.39 Å². The summed E-state index contributed by atoms with van der Waals surface area (Å²) in [7, 11) is 0. The van der Waals surface area contributed by atoms with E-state index in [0.29, 0.717) is 24.9 Å². The zero-order valence-electron chi connectivity index (χ0n) is 13.7. The van der Waals surface area contributed by atoms with Crippen LogP contribution in [-0.2, 0) is 6.42 Å². The Labute approximate surface area is 176 Å². The third-order valence-electron chi connectivity index (χ3n) is 4.09. The van der Waals surface area contributed by atoms with Gasteiger partial charge in [0.1, 0.15) is 11.5 Å². The molecule has 2 aromatic carbocycles. The molecule has 0 unspecified atom stereocenters. The molecule has 1 aromatic heterocycles. The van der Waals surface area contributed by atoms with Crippen LogP contribution in [0.15, 0.2) is 28.7 Å². The van der Waals surface area contributed by atoms with Gasteiger partial charge in [0.05, 0.1) is 12.7 Å². The monoisotopic (exact) mass is 582 g/mol. The summed E-state index contributed by atoms with van der Waals surface area (Å²) in [6.07, 6.45) is 2.09. The Kier molecular flexibility index (Phi) is 5.85. The maximum atomic E-state index is 14.1. The first-order chi connectivity index (χ1) is 12.3. The lowest BCUT2D eigenvalue weighted by atomic mass is 9.98. The number of rotatable bonds is 5. The molecule has 0 aliphatic heterocycles. The molecule has 0 radical (unpaired) electrons. The molecule has 1 heterocycles. The van der Waals surface area contributed by atoms with Crippen LogP contribution in [0.3, 0.4) is 0 Å². The van der Waals surface area contributed by atoms with Crippen molar-refractivity contribution in [2.24, 2.45) is 0 Å². The van der Waals surface area contributed by atoms with Gasteiger partial charge in [-0.3, -0.25) is 4.79 Å². The Hall–Kier alpha value is -1.23. The molecule has 0 saturated carbocycles. The van der Waals surface area contributed by atoms with Crippen LogP contribution < -0.4 is 0 Å². The van der Waals surface area contributed by atoms with Gasteiger partial charge in [-0.2, -0.15) is 4.39 Å². The lowest BCUT2D eigenvalue weighted by Gasteiger charge is -2.06. The molecule has 1 N–H and O–H groups in total. The van der Waals surface area contributed by atoms with Crippen molar-refractivity contribution in [1.82, 2.24) is 0 Å². The predicted octanol–water partition coefficient (Wildman–Crippen LogP) is 6.20. The van der Waals surface area contributed by atoms with E-state index in [1.807, 2.05) is 52.1 Å². The zero-order chi connectivity index (χ0) is 19.0. The summed E-state index contributed by atoms with van der Waals surface area (Å²) in [6, 6.07) is 5.51. The van der Waals surface area contributed by atoms with Crippen LogP contribution in [0.2, 0.25) is 0 Å². The summed E-state index contributed by atoms with van der Waals surface area (Å²) in [5, 5.41) is 10.2. The minimum atomic E-state index is -1.09. The molecule has 0 saturated heterocycles. The average Bonchev–Trinajstić information content (AvgIpc) is 2.99. The van der Waals surface area contributed by atoms with Gasteiger partial charge in [-0.15, -0.1) is 0 Å². The number of ketones is 1. The van der Waals surface area contributed by atoms with Crippen LogP contribution in [-0.4, -0.2) is 10.9 Å². The number of benzene rings is 2. The summed E-state index contributed by atoms with van der Waals surface area (Å²) in [5.41, 5.74) is 0.383. The highest BCUT2D eigenvalue weighted by Gasteiger charge is 2.25. The molecular formula is C19H14F2I2O3. The number of aromatic hydroxyl groups is 1. The van der Waals surface area contributed by atoms with E-state index in [1.165, 1.54) is 6.07 Å². The molecule has 0 aliphatic carbocycles. The Balaban J connectivity index is 2.22. The summed E-state index contributed by atoms with van der Waals surface area (Å²) in [5.74, 6) is -1.97. The van der Waals surface area contributed by atoms with E-state index in [0.717, 1.165) is 18.9 Å². The molecule has 3 aromatic rings. The normalized spacial score (nSPS) is 11.3. The van der Waals surface area contributed by atoms with E-state index in [2.05, 4.69) is 0 Å². The van der Waals surface area contributed by atoms with Crippen LogP contribution in [0, 0.1) is 18.8 Å². The lowest BCUT2D eigenvalue weighted by Crippen LogP contribution is -2.05. The molecule has 0 atom stereocenters. The minimum Gasteiger partial charge on any atom is -0.506 e. The van der Waals surface area contributed by atoms with Crippen molar-refractivity contribution in [1.29, 1.82) is 0 Å².